The lowest BCUT2D eigenvalue weighted by Gasteiger charge is -2.43. The number of rotatable bonds is 36. The molecular weight excluding hydrogens is 1040 g/mol. The number of aliphatic hydroxyl groups is 1. The van der Waals surface area contributed by atoms with E-state index in [1.54, 1.807) is 0 Å². The standard InChI is InChI=1S/C37H47NO2Si.C21H29NO2.2C8H18.FHN/c1-5-6-27-38(33-21-18-22-34(30-33)39-31-32-19-10-7-11-20-32)28-16-17-29-40-41(37(2,3)4,35-23-12-8-13-24-35)36-25-14-9-15-26-36;1-2-3-14-22(15-7-8-16-23)20-12-9-13-21(17-20)24-18-19-10-5-4-6-11-19;2*1-3-5-7-8-6-4-2;1-2/h7-15,18-26,30H,5-6,16-17,27-29,31H2,1-4H3;4-6,9-13,17,23H,2-3,7-8,14-16,18H2,1H3;2*3-8H2,1-2H3;2H/q;;;;-1. The summed E-state index contributed by atoms with van der Waals surface area (Å²) in [5.74, 6) is 6.07. The molecule has 0 aliphatic heterocycles. The van der Waals surface area contributed by atoms with Crippen LogP contribution in [0.5, 0.6) is 11.5 Å². The summed E-state index contributed by atoms with van der Waals surface area (Å²) in [4.78, 5) is 4.91. The molecular formula is C74H113FN3O4Si-. The number of benzene rings is 6. The van der Waals surface area contributed by atoms with E-state index in [9.17, 15) is 0 Å². The second-order valence-electron chi connectivity index (χ2n) is 22.7. The van der Waals surface area contributed by atoms with Gasteiger partial charge in [-0.2, -0.15) is 0 Å². The third kappa shape index (κ3) is 30.8. The fourth-order valence-corrected chi connectivity index (χ4v) is 14.6. The zero-order valence-corrected chi connectivity index (χ0v) is 54.4. The van der Waals surface area contributed by atoms with Gasteiger partial charge >= 0.3 is 0 Å². The van der Waals surface area contributed by atoms with Gasteiger partial charge in [0.1, 0.15) is 24.7 Å². The molecule has 0 aromatic heterocycles. The lowest BCUT2D eigenvalue weighted by Crippen LogP contribution is -2.66. The molecule has 6 aromatic carbocycles. The molecule has 0 atom stereocenters. The van der Waals surface area contributed by atoms with E-state index >= 15 is 0 Å². The molecule has 0 bridgehead atoms. The highest BCUT2D eigenvalue weighted by molar-refractivity contribution is 6.99. The van der Waals surface area contributed by atoms with Gasteiger partial charge in [-0.3, -0.25) is 0 Å². The molecule has 0 aliphatic carbocycles. The van der Waals surface area contributed by atoms with Crippen LogP contribution in [0.25, 0.3) is 5.96 Å². The summed E-state index contributed by atoms with van der Waals surface area (Å²) in [6.45, 7) is 26.8. The van der Waals surface area contributed by atoms with E-state index < -0.39 is 8.32 Å². The first-order valence-corrected chi connectivity index (χ1v) is 34.1. The van der Waals surface area contributed by atoms with Gasteiger partial charge in [0.2, 0.25) is 0 Å². The molecule has 9 heteroatoms. The van der Waals surface area contributed by atoms with Gasteiger partial charge in [0.05, 0.1) is 0 Å². The van der Waals surface area contributed by atoms with Crippen LogP contribution in [-0.2, 0) is 17.6 Å². The maximum atomic E-state index is 9.01. The van der Waals surface area contributed by atoms with Gasteiger partial charge in [-0.25, -0.2) is 0 Å². The second-order valence-corrected chi connectivity index (χ2v) is 27.0. The zero-order valence-electron chi connectivity index (χ0n) is 53.4. The Morgan fingerprint density at radius 3 is 1.07 bits per heavy atom. The monoisotopic (exact) mass is 1150 g/mol. The van der Waals surface area contributed by atoms with Crippen molar-refractivity contribution < 1.29 is 23.5 Å². The fourth-order valence-electron chi connectivity index (χ4n) is 9.97. The lowest BCUT2D eigenvalue weighted by atomic mass is 10.1. The largest absolute Gasteiger partial charge is 0.507 e. The molecule has 0 unspecified atom stereocenters. The van der Waals surface area contributed by atoms with Gasteiger partial charge in [-0.05, 0) is 89.3 Å². The van der Waals surface area contributed by atoms with Crippen LogP contribution in [0.2, 0.25) is 5.04 Å². The SMILES string of the molecule is CCCCCCCC.CCCCCCCC.CCCCN(CCCCO)c1cccc(OCc2ccccc2)c1.CCCCN(CCCCO[Si](c1ccccc1)(c1ccccc1)C(C)(C)C)c1cccc(OCc2ccccc2)c1.[NH-]F. The summed E-state index contributed by atoms with van der Waals surface area (Å²) in [5.41, 5.74) is 4.79. The second kappa shape index (κ2) is 47.9. The number of nitrogens with zero attached hydrogens (tertiary/aromatic N) is 2. The Hall–Kier alpha value is -5.45. The van der Waals surface area contributed by atoms with Crippen LogP contribution in [0.15, 0.2) is 170 Å². The predicted molar refractivity (Wildman–Crippen MR) is 361 cm³/mol. The molecule has 6 aromatic rings. The molecule has 0 radical (unpaired) electrons. The number of anilines is 2. The first kappa shape index (κ1) is 73.6. The Bertz CT molecular complexity index is 2310. The van der Waals surface area contributed by atoms with Crippen molar-refractivity contribution in [3.8, 4) is 11.5 Å². The topological polar surface area (TPSA) is 78.2 Å². The first-order valence-electron chi connectivity index (χ1n) is 32.2. The Kier molecular flexibility index (Phi) is 42.5. The number of hydrogen-bond donors (Lipinski definition) is 1. The average Bonchev–Trinajstić information content (AvgIpc) is 2.53. The summed E-state index contributed by atoms with van der Waals surface area (Å²) >= 11 is 0. The smallest absolute Gasteiger partial charge is 0.261 e. The molecule has 83 heavy (non-hydrogen) atoms. The summed E-state index contributed by atoms with van der Waals surface area (Å²) in [6, 6.07) is 59.4. The van der Waals surface area contributed by atoms with E-state index in [4.69, 9.17) is 23.5 Å². The normalized spacial score (nSPS) is 10.8. The van der Waals surface area contributed by atoms with E-state index in [2.05, 4.69) is 218 Å². The Morgan fingerprint density at radius 2 is 0.735 bits per heavy atom. The third-order valence-electron chi connectivity index (χ3n) is 14.7. The van der Waals surface area contributed by atoms with Gasteiger partial charge in [-0.15, -0.1) is 0 Å². The molecule has 0 aliphatic rings. The predicted octanol–water partition coefficient (Wildman–Crippen LogP) is 20.5. The van der Waals surface area contributed by atoms with Crippen LogP contribution < -0.4 is 29.6 Å². The van der Waals surface area contributed by atoms with Crippen LogP contribution in [0.1, 0.15) is 202 Å². The number of hydrogen-bond acceptors (Lipinski definition) is 6. The number of aliphatic hydroxyl groups excluding tert-OH is 1. The summed E-state index contributed by atoms with van der Waals surface area (Å²) in [5, 5.41) is 11.7. The van der Waals surface area contributed by atoms with Crippen molar-refractivity contribution in [3.05, 3.63) is 187 Å². The average molecular weight is 1160 g/mol. The molecule has 0 saturated heterocycles. The van der Waals surface area contributed by atoms with Crippen molar-refractivity contribution in [1.29, 1.82) is 0 Å². The fraction of sp³-hybridized carbons (Fsp3) is 0.514. The van der Waals surface area contributed by atoms with Gasteiger partial charge < -0.3 is 39.2 Å². The van der Waals surface area contributed by atoms with E-state index in [0.29, 0.717) is 13.2 Å². The summed E-state index contributed by atoms with van der Waals surface area (Å²) < 4.78 is 28.0. The van der Waals surface area contributed by atoms with Crippen molar-refractivity contribution in [1.82, 2.24) is 0 Å². The molecule has 7 nitrogen and oxygen atoms in total. The van der Waals surface area contributed by atoms with E-state index in [1.165, 1.54) is 136 Å². The molecule has 0 spiro atoms. The zero-order chi connectivity index (χ0) is 60.5. The quantitative estimate of drug-likeness (QED) is 0.0312. The van der Waals surface area contributed by atoms with Crippen LogP contribution >= 0.6 is 0 Å². The Morgan fingerprint density at radius 1 is 0.398 bits per heavy atom. The lowest BCUT2D eigenvalue weighted by molar-refractivity contribution is 0.285. The number of nitrogens with one attached hydrogen (secondary N) is 1. The van der Waals surface area contributed by atoms with Crippen LogP contribution in [0.4, 0.5) is 15.9 Å². The first-order chi connectivity index (χ1) is 40.6. The number of ether oxygens (including phenoxy) is 2. The highest BCUT2D eigenvalue weighted by atomic mass is 28.4. The third-order valence-corrected chi connectivity index (χ3v) is 19.8. The van der Waals surface area contributed by atoms with E-state index in [0.717, 1.165) is 70.0 Å². The van der Waals surface area contributed by atoms with Gasteiger partial charge in [0.15, 0.2) is 0 Å². The van der Waals surface area contributed by atoms with E-state index in [-0.39, 0.29) is 11.6 Å². The summed E-state index contributed by atoms with van der Waals surface area (Å²) in [7, 11) is -2.49. The minimum Gasteiger partial charge on any atom is -0.507 e. The van der Waals surface area contributed by atoms with Crippen LogP contribution in [0.3, 0.4) is 0 Å². The number of unbranched alkanes of at least 4 members (excludes halogenated alkanes) is 14. The molecule has 2 N–H and O–H groups in total. The molecule has 0 fully saturated rings. The van der Waals surface area contributed by atoms with Crippen molar-refractivity contribution in [2.24, 2.45) is 0 Å². The molecule has 0 heterocycles. The Labute approximate surface area is 507 Å². The van der Waals surface area contributed by atoms with Crippen molar-refractivity contribution in [2.75, 3.05) is 49.2 Å². The van der Waals surface area contributed by atoms with Crippen LogP contribution in [-0.4, -0.2) is 52.8 Å². The molecule has 0 saturated carbocycles. The highest BCUT2D eigenvalue weighted by Gasteiger charge is 2.50. The molecule has 460 valence electrons. The van der Waals surface area contributed by atoms with Crippen molar-refractivity contribution in [3.63, 3.8) is 0 Å². The van der Waals surface area contributed by atoms with Crippen LogP contribution in [0, 0.1) is 0 Å². The number of halogens is 1. The van der Waals surface area contributed by atoms with E-state index in [1.807, 2.05) is 30.3 Å². The minimum atomic E-state index is -2.49. The molecule has 0 amide bonds. The Balaban J connectivity index is 0.000000468. The van der Waals surface area contributed by atoms with Gasteiger partial charge in [0, 0.05) is 62.9 Å². The van der Waals surface area contributed by atoms with Crippen molar-refractivity contribution >= 4 is 30.1 Å². The maximum absolute atomic E-state index is 9.01. The maximum Gasteiger partial charge on any atom is 0.261 e. The minimum absolute atomic E-state index is 0.00303. The summed E-state index contributed by atoms with van der Waals surface area (Å²) in [6.07, 6.45) is 25.7. The van der Waals surface area contributed by atoms with Crippen molar-refractivity contribution in [2.45, 2.75) is 209 Å². The van der Waals surface area contributed by atoms with Gasteiger partial charge in [-0.1, -0.05) is 286 Å². The highest BCUT2D eigenvalue weighted by Crippen LogP contribution is 2.37. The molecule has 6 rings (SSSR count). The van der Waals surface area contributed by atoms with Gasteiger partial charge in [0.25, 0.3) is 8.32 Å².